The molecule has 20 heavy (non-hydrogen) atoms. The zero-order chi connectivity index (χ0) is 14.4. The van der Waals surface area contributed by atoms with E-state index < -0.39 is 0 Å². The fourth-order valence-electron chi connectivity index (χ4n) is 2.58. The second-order valence-electron chi connectivity index (χ2n) is 5.39. The second kappa shape index (κ2) is 7.30. The number of fused-ring (bicyclic) bond motifs is 1. The van der Waals surface area contributed by atoms with Crippen molar-refractivity contribution in [1.29, 1.82) is 0 Å². The number of hydrogen-bond acceptors (Lipinski definition) is 2. The molecule has 0 bridgehead atoms. The molecule has 0 fully saturated rings. The number of methoxy groups -OCH3 is 1. The largest absolute Gasteiger partial charge is 0.496 e. The summed E-state index contributed by atoms with van der Waals surface area (Å²) in [4.78, 5) is 0. The Labute approximate surface area is 122 Å². The molecule has 2 rings (SSSR count). The normalized spacial score (nSPS) is 12.6. The van der Waals surface area contributed by atoms with Crippen LogP contribution in [-0.4, -0.2) is 13.2 Å². The predicted octanol–water partition coefficient (Wildman–Crippen LogP) is 4.52. The lowest BCUT2D eigenvalue weighted by molar-refractivity contribution is 0.405. The highest BCUT2D eigenvalue weighted by molar-refractivity contribution is 5.87. The van der Waals surface area contributed by atoms with Crippen LogP contribution in [0.1, 0.15) is 38.7 Å². The average molecular weight is 271 g/mol. The number of nitrogens with one attached hydrogen (secondary N) is 1. The minimum absolute atomic E-state index is 0.540. The van der Waals surface area contributed by atoms with Crippen LogP contribution < -0.4 is 10.1 Å². The summed E-state index contributed by atoms with van der Waals surface area (Å²) in [7, 11) is 1.74. The van der Waals surface area contributed by atoms with Crippen molar-refractivity contribution in [2.24, 2.45) is 0 Å². The summed E-state index contributed by atoms with van der Waals surface area (Å²) in [5.74, 6) is 0.971. The van der Waals surface area contributed by atoms with Gasteiger partial charge in [0.25, 0.3) is 0 Å². The highest BCUT2D eigenvalue weighted by atomic mass is 16.5. The first-order chi connectivity index (χ1) is 9.76. The molecule has 0 spiro atoms. The molecule has 0 aromatic heterocycles. The first-order valence-electron chi connectivity index (χ1n) is 7.54. The molecular formula is C18H25NO. The molecular weight excluding hydrogens is 246 g/mol. The molecule has 1 unspecified atom stereocenters. The van der Waals surface area contributed by atoms with Crippen LogP contribution in [0.25, 0.3) is 10.8 Å². The van der Waals surface area contributed by atoms with Crippen LogP contribution in [0, 0.1) is 0 Å². The molecule has 2 aromatic rings. The molecule has 2 nitrogen and oxygen atoms in total. The van der Waals surface area contributed by atoms with Gasteiger partial charge in [0.2, 0.25) is 0 Å². The summed E-state index contributed by atoms with van der Waals surface area (Å²) < 4.78 is 5.53. The molecule has 0 saturated heterocycles. The highest BCUT2D eigenvalue weighted by Gasteiger charge is 2.09. The first kappa shape index (κ1) is 14.9. The third-order valence-corrected chi connectivity index (χ3v) is 3.84. The molecule has 1 atom stereocenters. The Morgan fingerprint density at radius 3 is 2.70 bits per heavy atom. The van der Waals surface area contributed by atoms with Crippen LogP contribution in [0.2, 0.25) is 0 Å². The van der Waals surface area contributed by atoms with Gasteiger partial charge in [0.1, 0.15) is 5.75 Å². The monoisotopic (exact) mass is 271 g/mol. The van der Waals surface area contributed by atoms with Gasteiger partial charge >= 0.3 is 0 Å². The quantitative estimate of drug-likeness (QED) is 0.799. The van der Waals surface area contributed by atoms with Gasteiger partial charge < -0.3 is 10.1 Å². The van der Waals surface area contributed by atoms with Gasteiger partial charge in [-0.15, -0.1) is 0 Å². The van der Waals surface area contributed by atoms with Crippen molar-refractivity contribution < 1.29 is 4.74 Å². The highest BCUT2D eigenvalue weighted by Crippen LogP contribution is 2.27. The minimum Gasteiger partial charge on any atom is -0.496 e. The van der Waals surface area contributed by atoms with E-state index in [9.17, 15) is 0 Å². The lowest BCUT2D eigenvalue weighted by Gasteiger charge is -2.17. The van der Waals surface area contributed by atoms with Crippen molar-refractivity contribution in [3.63, 3.8) is 0 Å². The van der Waals surface area contributed by atoms with Gasteiger partial charge in [0, 0.05) is 18.2 Å². The van der Waals surface area contributed by atoms with Crippen LogP contribution in [0.5, 0.6) is 5.75 Å². The zero-order valence-electron chi connectivity index (χ0n) is 12.8. The fraction of sp³-hybridized carbons (Fsp3) is 0.444. The molecule has 0 amide bonds. The SMILES string of the molecule is CCCCC(C)NCc1c(OC)ccc2ccccc12. The van der Waals surface area contributed by atoms with Crippen molar-refractivity contribution in [2.75, 3.05) is 7.11 Å². The van der Waals surface area contributed by atoms with Crippen molar-refractivity contribution in [1.82, 2.24) is 5.32 Å². The van der Waals surface area contributed by atoms with E-state index in [4.69, 9.17) is 4.74 Å². The second-order valence-corrected chi connectivity index (χ2v) is 5.39. The van der Waals surface area contributed by atoms with Crippen LogP contribution in [0.15, 0.2) is 36.4 Å². The summed E-state index contributed by atoms with van der Waals surface area (Å²) in [6.45, 7) is 5.35. The summed E-state index contributed by atoms with van der Waals surface area (Å²) >= 11 is 0. The third-order valence-electron chi connectivity index (χ3n) is 3.84. The standard InChI is InChI=1S/C18H25NO/c1-4-5-8-14(2)19-13-17-16-10-7-6-9-15(16)11-12-18(17)20-3/h6-7,9-12,14,19H,4-5,8,13H2,1-3H3. The first-order valence-corrected chi connectivity index (χ1v) is 7.54. The van der Waals surface area contributed by atoms with E-state index in [2.05, 4.69) is 55.6 Å². The van der Waals surface area contributed by atoms with E-state index >= 15 is 0 Å². The van der Waals surface area contributed by atoms with Crippen LogP contribution in [0.3, 0.4) is 0 Å². The maximum atomic E-state index is 5.53. The maximum Gasteiger partial charge on any atom is 0.123 e. The van der Waals surface area contributed by atoms with E-state index in [1.165, 1.54) is 35.6 Å². The Morgan fingerprint density at radius 1 is 1.15 bits per heavy atom. The molecule has 0 aliphatic rings. The fourth-order valence-corrected chi connectivity index (χ4v) is 2.58. The molecule has 0 aliphatic carbocycles. The summed E-state index contributed by atoms with van der Waals surface area (Å²) in [5.41, 5.74) is 1.26. The van der Waals surface area contributed by atoms with Gasteiger partial charge in [0.15, 0.2) is 0 Å². The van der Waals surface area contributed by atoms with E-state index in [0.717, 1.165) is 12.3 Å². The Kier molecular flexibility index (Phi) is 5.42. The number of unbranched alkanes of at least 4 members (excludes halogenated alkanes) is 1. The van der Waals surface area contributed by atoms with Gasteiger partial charge in [0.05, 0.1) is 7.11 Å². The lowest BCUT2D eigenvalue weighted by Crippen LogP contribution is -2.25. The molecule has 0 saturated carbocycles. The molecule has 2 aromatic carbocycles. The third kappa shape index (κ3) is 3.51. The van der Waals surface area contributed by atoms with Crippen LogP contribution in [0.4, 0.5) is 0 Å². The summed E-state index contributed by atoms with van der Waals surface area (Å²) in [6.07, 6.45) is 3.76. The van der Waals surface area contributed by atoms with Gasteiger partial charge in [-0.3, -0.25) is 0 Å². The zero-order valence-corrected chi connectivity index (χ0v) is 12.8. The molecule has 0 radical (unpaired) electrons. The van der Waals surface area contributed by atoms with Crippen molar-refractivity contribution in [3.8, 4) is 5.75 Å². The van der Waals surface area contributed by atoms with E-state index in [1.54, 1.807) is 7.11 Å². The van der Waals surface area contributed by atoms with E-state index in [0.29, 0.717) is 6.04 Å². The van der Waals surface area contributed by atoms with Gasteiger partial charge in [-0.05, 0) is 30.2 Å². The lowest BCUT2D eigenvalue weighted by atomic mass is 10.0. The number of hydrogen-bond donors (Lipinski definition) is 1. The Bertz CT molecular complexity index is 550. The van der Waals surface area contributed by atoms with Crippen LogP contribution in [-0.2, 0) is 6.54 Å². The van der Waals surface area contributed by atoms with Crippen LogP contribution >= 0.6 is 0 Å². The molecule has 0 heterocycles. The van der Waals surface area contributed by atoms with E-state index in [1.807, 2.05) is 0 Å². The summed E-state index contributed by atoms with van der Waals surface area (Å²) in [5, 5.41) is 6.17. The smallest absolute Gasteiger partial charge is 0.123 e. The maximum absolute atomic E-state index is 5.53. The topological polar surface area (TPSA) is 21.3 Å². The van der Waals surface area contributed by atoms with Gasteiger partial charge in [-0.25, -0.2) is 0 Å². The van der Waals surface area contributed by atoms with Crippen molar-refractivity contribution in [3.05, 3.63) is 42.0 Å². The number of ether oxygens (including phenoxy) is 1. The molecule has 1 N–H and O–H groups in total. The Morgan fingerprint density at radius 2 is 1.95 bits per heavy atom. The molecule has 108 valence electrons. The summed E-state index contributed by atoms with van der Waals surface area (Å²) in [6, 6.07) is 13.2. The number of rotatable bonds is 7. The molecule has 2 heteroatoms. The average Bonchev–Trinajstić information content (AvgIpc) is 2.50. The predicted molar refractivity (Wildman–Crippen MR) is 86.3 cm³/mol. The van der Waals surface area contributed by atoms with Gasteiger partial charge in [-0.1, -0.05) is 50.1 Å². The molecule has 0 aliphatic heterocycles. The van der Waals surface area contributed by atoms with Gasteiger partial charge in [-0.2, -0.15) is 0 Å². The van der Waals surface area contributed by atoms with Crippen molar-refractivity contribution in [2.45, 2.75) is 45.7 Å². The Balaban J connectivity index is 2.18. The van der Waals surface area contributed by atoms with Crippen molar-refractivity contribution >= 4 is 10.8 Å². The van der Waals surface area contributed by atoms with E-state index in [-0.39, 0.29) is 0 Å². The minimum atomic E-state index is 0.540. The number of benzene rings is 2. The Hall–Kier alpha value is -1.54.